The highest BCUT2D eigenvalue weighted by Crippen LogP contribution is 2.13. The Balaban J connectivity index is 0. The number of hydrogen-bond acceptors (Lipinski definition) is 5. The Hall–Kier alpha value is -2.54. The number of hydrogen-bond donors (Lipinski definition) is 4. The molecule has 8 nitrogen and oxygen atoms in total. The van der Waals surface area contributed by atoms with Gasteiger partial charge in [0.25, 0.3) is 0 Å². The first-order chi connectivity index (χ1) is 8.78. The van der Waals surface area contributed by atoms with E-state index in [2.05, 4.69) is 15.2 Å². The van der Waals surface area contributed by atoms with Gasteiger partial charge in [0.1, 0.15) is 6.33 Å². The number of nitrogen functional groups attached to an aromatic ring is 1. The van der Waals surface area contributed by atoms with E-state index in [0.717, 1.165) is 0 Å². The van der Waals surface area contributed by atoms with Gasteiger partial charge in [0.15, 0.2) is 0 Å². The summed E-state index contributed by atoms with van der Waals surface area (Å²) in [5, 5.41) is 20.1. The van der Waals surface area contributed by atoms with E-state index in [9.17, 15) is 26.3 Å². The number of aromatic nitrogens is 3. The second-order valence-corrected chi connectivity index (χ2v) is 2.48. The molecule has 20 heavy (non-hydrogen) atoms. The van der Waals surface area contributed by atoms with E-state index in [1.54, 1.807) is 0 Å². The summed E-state index contributed by atoms with van der Waals surface area (Å²) >= 11 is 0. The molecule has 0 aliphatic carbocycles. The molecule has 0 unspecified atom stereocenters. The average molecular weight is 312 g/mol. The van der Waals surface area contributed by atoms with Gasteiger partial charge in [-0.15, -0.1) is 0 Å². The van der Waals surface area contributed by atoms with Crippen molar-refractivity contribution in [2.24, 2.45) is 0 Å². The number of carboxylic acids is 2. The van der Waals surface area contributed by atoms with Gasteiger partial charge in [-0.2, -0.15) is 31.4 Å². The maximum absolute atomic E-state index is 10.6. The monoisotopic (exact) mass is 312 g/mol. The summed E-state index contributed by atoms with van der Waals surface area (Å²) in [7, 11) is 0. The minimum Gasteiger partial charge on any atom is -0.475 e. The van der Waals surface area contributed by atoms with E-state index in [0.29, 0.717) is 5.95 Å². The van der Waals surface area contributed by atoms with Gasteiger partial charge in [-0.3, -0.25) is 0 Å². The van der Waals surface area contributed by atoms with Crippen LogP contribution < -0.4 is 5.73 Å². The van der Waals surface area contributed by atoms with E-state index in [-0.39, 0.29) is 0 Å². The van der Waals surface area contributed by atoms with Crippen LogP contribution in [-0.2, 0) is 9.59 Å². The molecular formula is C6H6F6N4O4. The van der Waals surface area contributed by atoms with Gasteiger partial charge in [-0.1, -0.05) is 0 Å². The van der Waals surface area contributed by atoms with E-state index >= 15 is 0 Å². The van der Waals surface area contributed by atoms with Crippen LogP contribution in [0.5, 0.6) is 0 Å². The first-order valence-electron chi connectivity index (χ1n) is 3.99. The molecule has 0 amide bonds. The van der Waals surface area contributed by atoms with Crippen LogP contribution in [0.15, 0.2) is 6.33 Å². The number of rotatable bonds is 0. The van der Waals surface area contributed by atoms with Crippen molar-refractivity contribution >= 4 is 17.9 Å². The molecule has 0 aliphatic rings. The molecule has 0 fully saturated rings. The zero-order valence-corrected chi connectivity index (χ0v) is 9.03. The number of anilines is 1. The summed E-state index contributed by atoms with van der Waals surface area (Å²) in [6.45, 7) is 0. The first-order valence-corrected chi connectivity index (χ1v) is 3.99. The number of nitrogens with zero attached hydrogens (tertiary/aromatic N) is 2. The van der Waals surface area contributed by atoms with Gasteiger partial charge >= 0.3 is 24.3 Å². The van der Waals surface area contributed by atoms with Crippen molar-refractivity contribution < 1.29 is 46.1 Å². The number of nitrogens with one attached hydrogen (secondary N) is 1. The Morgan fingerprint density at radius 1 is 1.05 bits per heavy atom. The Morgan fingerprint density at radius 2 is 1.35 bits per heavy atom. The molecule has 0 aromatic carbocycles. The van der Waals surface area contributed by atoms with Gasteiger partial charge in [0.05, 0.1) is 0 Å². The van der Waals surface area contributed by atoms with Gasteiger partial charge in [-0.05, 0) is 0 Å². The van der Waals surface area contributed by atoms with Gasteiger partial charge in [-0.25, -0.2) is 19.7 Å². The number of H-pyrrole nitrogens is 1. The maximum atomic E-state index is 10.6. The van der Waals surface area contributed by atoms with Crippen molar-refractivity contribution in [3.05, 3.63) is 6.33 Å². The number of halogens is 6. The number of aromatic amines is 1. The lowest BCUT2D eigenvalue weighted by Crippen LogP contribution is -2.21. The van der Waals surface area contributed by atoms with Crippen LogP contribution in [0.3, 0.4) is 0 Å². The predicted molar refractivity (Wildman–Crippen MR) is 48.2 cm³/mol. The van der Waals surface area contributed by atoms with Crippen LogP contribution in [0.2, 0.25) is 0 Å². The van der Waals surface area contributed by atoms with E-state index < -0.39 is 24.3 Å². The van der Waals surface area contributed by atoms with Crippen LogP contribution in [0.1, 0.15) is 0 Å². The number of alkyl halides is 6. The fraction of sp³-hybridized carbons (Fsp3) is 0.333. The number of carboxylic acid groups (broad SMARTS) is 2. The molecule has 0 aliphatic heterocycles. The second kappa shape index (κ2) is 7.80. The van der Waals surface area contributed by atoms with Crippen molar-refractivity contribution in [2.45, 2.75) is 12.4 Å². The standard InChI is InChI=1S/2C2HF3O2.C2H4N4/c2*3-2(4,5)1(6)7;3-2-4-1-5-6-2/h2*(H,6,7);1H,(H3,3,4,5,6). The van der Waals surface area contributed by atoms with Crippen LogP contribution in [0.4, 0.5) is 32.3 Å². The Bertz CT molecular complexity index is 390. The highest BCUT2D eigenvalue weighted by atomic mass is 19.4. The molecule has 0 atom stereocenters. The van der Waals surface area contributed by atoms with E-state index in [1.165, 1.54) is 6.33 Å². The van der Waals surface area contributed by atoms with E-state index in [1.807, 2.05) is 0 Å². The summed E-state index contributed by atoms with van der Waals surface area (Å²) < 4.78 is 63.5. The Kier molecular flexibility index (Phi) is 7.72. The molecule has 1 aromatic heterocycles. The van der Waals surface area contributed by atoms with Crippen molar-refractivity contribution in [1.82, 2.24) is 15.2 Å². The molecule has 116 valence electrons. The van der Waals surface area contributed by atoms with E-state index in [4.69, 9.17) is 25.5 Å². The lowest BCUT2D eigenvalue weighted by atomic mass is 10.7. The Labute approximate surface area is 105 Å². The van der Waals surface area contributed by atoms with Crippen molar-refractivity contribution in [2.75, 3.05) is 5.73 Å². The third-order valence-corrected chi connectivity index (χ3v) is 0.919. The number of carbonyl (C=O) groups is 2. The summed E-state index contributed by atoms with van der Waals surface area (Å²) in [5.41, 5.74) is 5.05. The van der Waals surface area contributed by atoms with Crippen molar-refractivity contribution in [3.63, 3.8) is 0 Å². The van der Waals surface area contributed by atoms with Crippen LogP contribution in [0.25, 0.3) is 0 Å². The molecule has 1 aromatic rings. The molecule has 1 heterocycles. The van der Waals surface area contributed by atoms with Crippen molar-refractivity contribution in [3.8, 4) is 0 Å². The quantitative estimate of drug-likeness (QED) is 0.515. The third-order valence-electron chi connectivity index (χ3n) is 0.919. The summed E-state index contributed by atoms with van der Waals surface area (Å²) in [5.74, 6) is -5.16. The highest BCUT2D eigenvalue weighted by Gasteiger charge is 2.38. The van der Waals surface area contributed by atoms with Gasteiger partial charge in [0.2, 0.25) is 5.95 Å². The van der Waals surface area contributed by atoms with Crippen molar-refractivity contribution in [1.29, 1.82) is 0 Å². The smallest absolute Gasteiger partial charge is 0.475 e. The second-order valence-electron chi connectivity index (χ2n) is 2.48. The van der Waals surface area contributed by atoms with Gasteiger partial charge < -0.3 is 15.9 Å². The van der Waals surface area contributed by atoms with Crippen LogP contribution in [0, 0.1) is 0 Å². The highest BCUT2D eigenvalue weighted by molar-refractivity contribution is 5.73. The molecule has 5 N–H and O–H groups in total. The number of aliphatic carboxylic acids is 2. The molecule has 0 saturated heterocycles. The summed E-state index contributed by atoms with van der Waals surface area (Å²) in [6, 6.07) is 0. The predicted octanol–water partition coefficient (Wildman–Crippen LogP) is 0.653. The number of nitrogens with two attached hydrogens (primary N) is 1. The normalized spacial score (nSPS) is 10.5. The fourth-order valence-electron chi connectivity index (χ4n) is 0.215. The van der Waals surface area contributed by atoms with Crippen LogP contribution >= 0.6 is 0 Å². The topological polar surface area (TPSA) is 142 Å². The maximum Gasteiger partial charge on any atom is 0.490 e. The summed E-state index contributed by atoms with van der Waals surface area (Å²) in [4.78, 5) is 21.3. The molecular weight excluding hydrogens is 306 g/mol. The average Bonchev–Trinajstić information content (AvgIpc) is 2.67. The van der Waals surface area contributed by atoms with Gasteiger partial charge in [0, 0.05) is 0 Å². The lowest BCUT2D eigenvalue weighted by molar-refractivity contribution is -0.193. The molecule has 0 spiro atoms. The molecule has 0 saturated carbocycles. The SMILES string of the molecule is Nc1ncn[nH]1.O=C(O)C(F)(F)F.O=C(O)C(F)(F)F. The minimum absolute atomic E-state index is 0.356. The summed E-state index contributed by atoms with van der Waals surface area (Å²) in [6.07, 6.45) is -8.81. The molecule has 14 heteroatoms. The molecule has 0 bridgehead atoms. The molecule has 0 radical (unpaired) electrons. The first kappa shape index (κ1) is 19.8. The largest absolute Gasteiger partial charge is 0.490 e. The Morgan fingerprint density at radius 3 is 1.40 bits per heavy atom. The minimum atomic E-state index is -5.08. The third kappa shape index (κ3) is 11.9. The zero-order chi connectivity index (χ0) is 16.6. The van der Waals surface area contributed by atoms with Crippen LogP contribution in [-0.4, -0.2) is 49.7 Å². The zero-order valence-electron chi connectivity index (χ0n) is 9.03. The molecule has 1 rings (SSSR count). The lowest BCUT2D eigenvalue weighted by Gasteiger charge is -1.93. The fourth-order valence-corrected chi connectivity index (χ4v) is 0.215.